The Hall–Kier alpha value is -1.04. The van der Waals surface area contributed by atoms with Crippen LogP contribution >= 0.6 is 0 Å². The highest BCUT2D eigenvalue weighted by Gasteiger charge is 2.29. The van der Waals surface area contributed by atoms with E-state index in [-0.39, 0.29) is 0 Å². The Kier molecular flexibility index (Phi) is 11.1. The molecule has 0 aliphatic heterocycles. The Bertz CT molecular complexity index is 634. The summed E-state index contributed by atoms with van der Waals surface area (Å²) in [7, 11) is 0. The van der Waals surface area contributed by atoms with Crippen molar-refractivity contribution in [2.45, 2.75) is 137 Å². The van der Waals surface area contributed by atoms with Gasteiger partial charge in [0.15, 0.2) is 0 Å². The van der Waals surface area contributed by atoms with E-state index in [1.807, 2.05) is 0 Å². The van der Waals surface area contributed by atoms with Crippen LogP contribution in [0.15, 0.2) is 11.6 Å². The summed E-state index contributed by atoms with van der Waals surface area (Å²) in [6.45, 7) is 11.7. The van der Waals surface area contributed by atoms with Gasteiger partial charge in [-0.05, 0) is 85.6 Å². The number of benzene rings is 1. The van der Waals surface area contributed by atoms with Gasteiger partial charge < -0.3 is 0 Å². The molecule has 29 heavy (non-hydrogen) atoms. The normalized spacial score (nSPS) is 15.6. The molecule has 1 aliphatic rings. The molecule has 164 valence electrons. The van der Waals surface area contributed by atoms with Crippen molar-refractivity contribution in [3.63, 3.8) is 0 Å². The van der Waals surface area contributed by atoms with Crippen molar-refractivity contribution < 1.29 is 0 Å². The average Bonchev–Trinajstić information content (AvgIpc) is 3.08. The van der Waals surface area contributed by atoms with Gasteiger partial charge in [0.05, 0.1) is 0 Å². The van der Waals surface area contributed by atoms with Crippen LogP contribution in [0.25, 0.3) is 6.08 Å². The lowest BCUT2D eigenvalue weighted by atomic mass is 9.80. The van der Waals surface area contributed by atoms with Crippen LogP contribution in [0.2, 0.25) is 0 Å². The Labute approximate surface area is 182 Å². The smallest absolute Gasteiger partial charge is 0.00602 e. The van der Waals surface area contributed by atoms with Crippen LogP contribution in [0.3, 0.4) is 0 Å². The van der Waals surface area contributed by atoms with Gasteiger partial charge in [-0.15, -0.1) is 0 Å². The molecule has 0 spiro atoms. The van der Waals surface area contributed by atoms with Crippen LogP contribution in [0.5, 0.6) is 0 Å². The quantitative estimate of drug-likeness (QED) is 0.277. The highest BCUT2D eigenvalue weighted by Crippen LogP contribution is 2.46. The van der Waals surface area contributed by atoms with Crippen molar-refractivity contribution in [2.24, 2.45) is 0 Å². The van der Waals surface area contributed by atoms with E-state index in [1.54, 1.807) is 33.4 Å². The lowest BCUT2D eigenvalue weighted by Crippen LogP contribution is -2.10. The van der Waals surface area contributed by atoms with Crippen molar-refractivity contribution >= 4 is 6.08 Å². The Morgan fingerprint density at radius 1 is 0.621 bits per heavy atom. The van der Waals surface area contributed by atoms with E-state index in [1.165, 1.54) is 96.3 Å². The standard InChI is InChI=1S/C29H48/c1-6-11-16-23-21-25-22-24(17-12-7-2)27(19-14-9-4)29(25)28(20-15-10-5)26(23)18-13-8-3/h21-22,27H,6-20H2,1-5H3. The highest BCUT2D eigenvalue weighted by atomic mass is 14.3. The van der Waals surface area contributed by atoms with Crippen molar-refractivity contribution in [1.82, 2.24) is 0 Å². The summed E-state index contributed by atoms with van der Waals surface area (Å²) in [4.78, 5) is 0. The molecule has 1 aromatic carbocycles. The minimum atomic E-state index is 0.712. The number of aryl methyl sites for hydroxylation is 1. The first-order valence-corrected chi connectivity index (χ1v) is 13.1. The minimum absolute atomic E-state index is 0.712. The van der Waals surface area contributed by atoms with Gasteiger partial charge in [-0.2, -0.15) is 0 Å². The molecular weight excluding hydrogens is 348 g/mol. The Morgan fingerprint density at radius 2 is 1.17 bits per heavy atom. The predicted molar refractivity (Wildman–Crippen MR) is 132 cm³/mol. The number of rotatable bonds is 15. The zero-order valence-electron chi connectivity index (χ0n) is 20.3. The zero-order chi connectivity index (χ0) is 21.1. The molecule has 0 fully saturated rings. The van der Waals surface area contributed by atoms with Gasteiger partial charge in [0.1, 0.15) is 0 Å². The zero-order valence-corrected chi connectivity index (χ0v) is 20.3. The van der Waals surface area contributed by atoms with Crippen molar-refractivity contribution in [2.75, 3.05) is 0 Å². The molecule has 0 N–H and O–H groups in total. The number of hydrogen-bond acceptors (Lipinski definition) is 0. The SMILES string of the molecule is CCCCC1=Cc2cc(CCCC)c(CCCC)c(CCCC)c2C1CCCC. The van der Waals surface area contributed by atoms with Gasteiger partial charge in [0, 0.05) is 5.92 Å². The third-order valence-corrected chi connectivity index (χ3v) is 6.88. The van der Waals surface area contributed by atoms with Crippen molar-refractivity contribution in [3.05, 3.63) is 39.5 Å². The number of hydrogen-bond donors (Lipinski definition) is 0. The number of unbranched alkanes of at least 4 members (excludes halogenated alkanes) is 5. The van der Waals surface area contributed by atoms with E-state index in [2.05, 4.69) is 46.8 Å². The van der Waals surface area contributed by atoms with Crippen LogP contribution in [0.1, 0.15) is 145 Å². The van der Waals surface area contributed by atoms with Crippen LogP contribution in [0.4, 0.5) is 0 Å². The molecule has 0 heterocycles. The lowest BCUT2D eigenvalue weighted by molar-refractivity contribution is 0.613. The summed E-state index contributed by atoms with van der Waals surface area (Å²) in [5, 5.41) is 0. The summed E-state index contributed by atoms with van der Waals surface area (Å²) < 4.78 is 0. The fourth-order valence-electron chi connectivity index (χ4n) is 5.16. The molecule has 1 unspecified atom stereocenters. The molecule has 0 nitrogen and oxygen atoms in total. The second-order valence-corrected chi connectivity index (χ2v) is 9.32. The topological polar surface area (TPSA) is 0 Å². The molecule has 0 saturated carbocycles. The maximum atomic E-state index is 2.63. The first-order chi connectivity index (χ1) is 14.2. The fraction of sp³-hybridized carbons (Fsp3) is 0.724. The molecule has 0 radical (unpaired) electrons. The van der Waals surface area contributed by atoms with E-state index in [0.717, 1.165) is 0 Å². The third-order valence-electron chi connectivity index (χ3n) is 6.88. The monoisotopic (exact) mass is 396 g/mol. The van der Waals surface area contributed by atoms with Gasteiger partial charge in [-0.1, -0.05) is 90.9 Å². The molecule has 0 saturated heterocycles. The lowest BCUT2D eigenvalue weighted by Gasteiger charge is -2.25. The maximum Gasteiger partial charge on any atom is 0.00602 e. The second kappa shape index (κ2) is 13.3. The first kappa shape index (κ1) is 24.2. The van der Waals surface area contributed by atoms with E-state index >= 15 is 0 Å². The highest BCUT2D eigenvalue weighted by molar-refractivity contribution is 5.70. The van der Waals surface area contributed by atoms with E-state index in [4.69, 9.17) is 0 Å². The van der Waals surface area contributed by atoms with Gasteiger partial charge in [-0.3, -0.25) is 0 Å². The Morgan fingerprint density at radius 3 is 1.79 bits per heavy atom. The minimum Gasteiger partial charge on any atom is -0.0654 e. The van der Waals surface area contributed by atoms with Crippen molar-refractivity contribution in [3.8, 4) is 0 Å². The molecule has 0 amide bonds. The summed E-state index contributed by atoms with van der Waals surface area (Å²) in [5.74, 6) is 0.712. The van der Waals surface area contributed by atoms with Crippen LogP contribution < -0.4 is 0 Å². The van der Waals surface area contributed by atoms with Crippen LogP contribution in [0, 0.1) is 0 Å². The van der Waals surface area contributed by atoms with Gasteiger partial charge in [0.2, 0.25) is 0 Å². The largest absolute Gasteiger partial charge is 0.0654 e. The number of fused-ring (bicyclic) bond motifs is 1. The summed E-state index contributed by atoms with van der Waals surface area (Å²) in [6.07, 6.45) is 22.4. The Balaban J connectivity index is 2.54. The first-order valence-electron chi connectivity index (χ1n) is 13.1. The average molecular weight is 397 g/mol. The molecule has 0 aromatic heterocycles. The molecule has 1 aliphatic carbocycles. The molecular formula is C29H48. The van der Waals surface area contributed by atoms with Crippen LogP contribution in [-0.4, -0.2) is 0 Å². The molecule has 1 aromatic rings. The predicted octanol–water partition coefficient (Wildman–Crippen LogP) is 9.58. The summed E-state index contributed by atoms with van der Waals surface area (Å²) in [6, 6.07) is 2.63. The molecule has 0 heteroatoms. The molecule has 1 atom stereocenters. The van der Waals surface area contributed by atoms with Gasteiger partial charge in [0.25, 0.3) is 0 Å². The second-order valence-electron chi connectivity index (χ2n) is 9.32. The van der Waals surface area contributed by atoms with Crippen LogP contribution in [-0.2, 0) is 19.3 Å². The maximum absolute atomic E-state index is 2.63. The van der Waals surface area contributed by atoms with E-state index in [9.17, 15) is 0 Å². The van der Waals surface area contributed by atoms with Gasteiger partial charge in [-0.25, -0.2) is 0 Å². The summed E-state index contributed by atoms with van der Waals surface area (Å²) in [5.41, 5.74) is 10.4. The van der Waals surface area contributed by atoms with E-state index in [0.29, 0.717) is 5.92 Å². The van der Waals surface area contributed by atoms with Crippen molar-refractivity contribution in [1.29, 1.82) is 0 Å². The van der Waals surface area contributed by atoms with E-state index < -0.39 is 0 Å². The fourth-order valence-corrected chi connectivity index (χ4v) is 5.16. The molecule has 0 bridgehead atoms. The number of allylic oxidation sites excluding steroid dienone is 1. The molecule has 2 rings (SSSR count). The van der Waals surface area contributed by atoms with Gasteiger partial charge >= 0.3 is 0 Å². The third kappa shape index (κ3) is 6.47. The summed E-state index contributed by atoms with van der Waals surface area (Å²) >= 11 is 0.